The minimum Gasteiger partial charge on any atom is -0.496 e. The third kappa shape index (κ3) is 6.88. The smallest absolute Gasteiger partial charge is 0.416 e. The number of nitrogens with one attached hydrogen (secondary N) is 2. The van der Waals surface area contributed by atoms with Crippen LogP contribution < -0.4 is 15.4 Å². The molecule has 0 aromatic heterocycles. The molecule has 34 heavy (non-hydrogen) atoms. The van der Waals surface area contributed by atoms with E-state index in [1.165, 1.54) is 0 Å². The largest absolute Gasteiger partial charge is 0.496 e. The summed E-state index contributed by atoms with van der Waals surface area (Å²) in [4.78, 5) is 12.4. The molecule has 0 spiro atoms. The van der Waals surface area contributed by atoms with E-state index in [9.17, 15) is 31.1 Å². The van der Waals surface area contributed by atoms with Crippen LogP contribution in [0, 0.1) is 5.92 Å². The normalized spacial score (nSPS) is 19.0. The molecule has 0 atom stereocenters. The first-order valence-corrected chi connectivity index (χ1v) is 10.9. The van der Waals surface area contributed by atoms with Gasteiger partial charge in [0.1, 0.15) is 5.75 Å². The molecule has 2 aromatic rings. The highest BCUT2D eigenvalue weighted by Gasteiger charge is 2.37. The molecule has 4 nitrogen and oxygen atoms in total. The number of carbonyl (C=O) groups is 1. The highest BCUT2D eigenvalue weighted by Crippen LogP contribution is 2.36. The van der Waals surface area contributed by atoms with Gasteiger partial charge in [-0.3, -0.25) is 4.79 Å². The lowest BCUT2D eigenvalue weighted by molar-refractivity contribution is -0.143. The number of ether oxygens (including phenoxy) is 1. The molecular formula is C24H26F6N2O2. The van der Waals surface area contributed by atoms with Crippen LogP contribution in [0.3, 0.4) is 0 Å². The average molecular weight is 488 g/mol. The second-order valence-electron chi connectivity index (χ2n) is 8.41. The van der Waals surface area contributed by atoms with E-state index in [-0.39, 0.29) is 24.6 Å². The van der Waals surface area contributed by atoms with Crippen molar-refractivity contribution >= 4 is 5.91 Å². The lowest BCUT2D eigenvalue weighted by Gasteiger charge is -2.29. The third-order valence-electron chi connectivity index (χ3n) is 6.02. The highest BCUT2D eigenvalue weighted by atomic mass is 19.4. The van der Waals surface area contributed by atoms with Gasteiger partial charge in [-0.2, -0.15) is 26.3 Å². The summed E-state index contributed by atoms with van der Waals surface area (Å²) in [6, 6.07) is 8.87. The Morgan fingerprint density at radius 3 is 2.09 bits per heavy atom. The van der Waals surface area contributed by atoms with Gasteiger partial charge in [0.2, 0.25) is 0 Å². The number of para-hydroxylation sites is 1. The molecular weight excluding hydrogens is 462 g/mol. The fourth-order valence-corrected chi connectivity index (χ4v) is 4.10. The molecule has 0 bridgehead atoms. The SMILES string of the molecule is COc1ccccc1CN[C@H]1CC[C@@H](CNC(=O)c2cc(C(F)(F)F)cc(C(F)(F)F)c2)CC1. The molecule has 2 aromatic carbocycles. The zero-order valence-electron chi connectivity index (χ0n) is 18.5. The summed E-state index contributed by atoms with van der Waals surface area (Å²) in [6.07, 6.45) is -6.74. The van der Waals surface area contributed by atoms with Gasteiger partial charge in [-0.25, -0.2) is 0 Å². The topological polar surface area (TPSA) is 50.4 Å². The van der Waals surface area contributed by atoms with Crippen molar-refractivity contribution in [3.8, 4) is 5.75 Å². The van der Waals surface area contributed by atoms with Gasteiger partial charge in [0.05, 0.1) is 18.2 Å². The minimum absolute atomic E-state index is 0.0100. The van der Waals surface area contributed by atoms with Crippen LogP contribution in [0.4, 0.5) is 26.3 Å². The van der Waals surface area contributed by atoms with Crippen LogP contribution in [0.5, 0.6) is 5.75 Å². The molecule has 1 aliphatic carbocycles. The maximum absolute atomic E-state index is 13.0. The van der Waals surface area contributed by atoms with Crippen molar-refractivity contribution in [2.75, 3.05) is 13.7 Å². The number of amides is 1. The van der Waals surface area contributed by atoms with Gasteiger partial charge in [0.15, 0.2) is 0 Å². The number of methoxy groups -OCH3 is 1. The summed E-state index contributed by atoms with van der Waals surface area (Å²) in [5.74, 6) is -0.0520. The fourth-order valence-electron chi connectivity index (χ4n) is 4.10. The summed E-state index contributed by atoms with van der Waals surface area (Å²) in [5, 5.41) is 5.99. The van der Waals surface area contributed by atoms with Crippen molar-refractivity contribution in [3.63, 3.8) is 0 Å². The zero-order valence-corrected chi connectivity index (χ0v) is 18.5. The molecule has 0 aliphatic heterocycles. The first-order valence-electron chi connectivity index (χ1n) is 10.9. The van der Waals surface area contributed by atoms with E-state index in [2.05, 4.69) is 10.6 Å². The predicted octanol–water partition coefficient (Wildman–Crippen LogP) is 5.81. The second kappa shape index (κ2) is 10.7. The molecule has 3 rings (SSSR count). The van der Waals surface area contributed by atoms with Crippen LogP contribution in [-0.2, 0) is 18.9 Å². The summed E-state index contributed by atoms with van der Waals surface area (Å²) in [5.41, 5.74) is -2.63. The Bertz CT molecular complexity index is 950. The quantitative estimate of drug-likeness (QED) is 0.484. The standard InChI is InChI=1S/C24H26F6N2O2/c1-34-21-5-3-2-4-16(21)14-31-20-8-6-15(7-9-20)13-32-22(33)17-10-18(23(25,26)27)12-19(11-17)24(28,29)30/h2-5,10-12,15,20,31H,6-9,13-14H2,1H3,(H,32,33)/t15-,20+. The van der Waals surface area contributed by atoms with Crippen molar-refractivity contribution in [3.05, 3.63) is 64.7 Å². The van der Waals surface area contributed by atoms with E-state index in [1.54, 1.807) is 7.11 Å². The van der Waals surface area contributed by atoms with Gasteiger partial charge in [-0.1, -0.05) is 18.2 Å². The van der Waals surface area contributed by atoms with Crippen molar-refractivity contribution in [2.24, 2.45) is 5.92 Å². The lowest BCUT2D eigenvalue weighted by atomic mass is 9.86. The number of hydrogen-bond donors (Lipinski definition) is 2. The Morgan fingerprint density at radius 1 is 0.941 bits per heavy atom. The van der Waals surface area contributed by atoms with Crippen LogP contribution in [0.2, 0.25) is 0 Å². The number of alkyl halides is 6. The molecule has 0 unspecified atom stereocenters. The van der Waals surface area contributed by atoms with E-state index >= 15 is 0 Å². The molecule has 1 aliphatic rings. The maximum Gasteiger partial charge on any atom is 0.416 e. The summed E-state index contributed by atoms with van der Waals surface area (Å²) in [7, 11) is 1.61. The number of halogens is 6. The van der Waals surface area contributed by atoms with Crippen LogP contribution in [0.25, 0.3) is 0 Å². The third-order valence-corrected chi connectivity index (χ3v) is 6.02. The molecule has 0 heterocycles. The number of hydrogen-bond acceptors (Lipinski definition) is 3. The number of carbonyl (C=O) groups excluding carboxylic acids is 1. The van der Waals surface area contributed by atoms with Crippen molar-refractivity contribution < 1.29 is 35.9 Å². The van der Waals surface area contributed by atoms with E-state index < -0.39 is 35.0 Å². The number of rotatable bonds is 7. The number of benzene rings is 2. The predicted molar refractivity (Wildman–Crippen MR) is 114 cm³/mol. The zero-order chi connectivity index (χ0) is 24.9. The summed E-state index contributed by atoms with van der Waals surface area (Å²) in [6.45, 7) is 0.836. The monoisotopic (exact) mass is 488 g/mol. The van der Waals surface area contributed by atoms with Crippen LogP contribution in [0.1, 0.15) is 52.7 Å². The van der Waals surface area contributed by atoms with Crippen molar-refractivity contribution in [1.82, 2.24) is 10.6 Å². The molecule has 186 valence electrons. The van der Waals surface area contributed by atoms with E-state index in [0.29, 0.717) is 18.7 Å². The molecule has 0 saturated heterocycles. The van der Waals surface area contributed by atoms with E-state index in [4.69, 9.17) is 4.74 Å². The Labute approximate surface area is 193 Å². The summed E-state index contributed by atoms with van der Waals surface area (Å²) >= 11 is 0. The molecule has 1 saturated carbocycles. The first-order chi connectivity index (χ1) is 16.0. The minimum atomic E-state index is -4.99. The van der Waals surface area contributed by atoms with Gasteiger partial charge in [0.25, 0.3) is 5.91 Å². The Hall–Kier alpha value is -2.75. The Morgan fingerprint density at radius 2 is 1.53 bits per heavy atom. The van der Waals surface area contributed by atoms with Gasteiger partial charge in [-0.05, 0) is 55.9 Å². The van der Waals surface area contributed by atoms with Crippen LogP contribution in [-0.4, -0.2) is 25.6 Å². The highest BCUT2D eigenvalue weighted by molar-refractivity contribution is 5.94. The fraction of sp³-hybridized carbons (Fsp3) is 0.458. The Kier molecular flexibility index (Phi) is 8.12. The van der Waals surface area contributed by atoms with Crippen LogP contribution in [0.15, 0.2) is 42.5 Å². The van der Waals surface area contributed by atoms with Gasteiger partial charge in [-0.15, -0.1) is 0 Å². The van der Waals surface area contributed by atoms with Gasteiger partial charge in [0, 0.05) is 30.3 Å². The van der Waals surface area contributed by atoms with Crippen molar-refractivity contribution in [2.45, 2.75) is 50.6 Å². The average Bonchev–Trinajstić information content (AvgIpc) is 2.80. The maximum atomic E-state index is 13.0. The van der Waals surface area contributed by atoms with Crippen LogP contribution >= 0.6 is 0 Å². The van der Waals surface area contributed by atoms with E-state index in [0.717, 1.165) is 37.0 Å². The molecule has 0 radical (unpaired) electrons. The van der Waals surface area contributed by atoms with Gasteiger partial charge >= 0.3 is 12.4 Å². The molecule has 2 N–H and O–H groups in total. The van der Waals surface area contributed by atoms with Gasteiger partial charge < -0.3 is 15.4 Å². The molecule has 1 fully saturated rings. The second-order valence-corrected chi connectivity index (χ2v) is 8.41. The molecule has 10 heteroatoms. The van der Waals surface area contributed by atoms with E-state index in [1.807, 2.05) is 24.3 Å². The first kappa shape index (κ1) is 25.9. The Balaban J connectivity index is 1.52. The van der Waals surface area contributed by atoms with Crippen molar-refractivity contribution in [1.29, 1.82) is 0 Å². The lowest BCUT2D eigenvalue weighted by Crippen LogP contribution is -2.36. The summed E-state index contributed by atoms with van der Waals surface area (Å²) < 4.78 is 83.4. The molecule has 1 amide bonds.